The number of ether oxygens (including phenoxy) is 2. The third kappa shape index (κ3) is 9.93. The summed E-state index contributed by atoms with van der Waals surface area (Å²) < 4.78 is 15.9. The lowest BCUT2D eigenvalue weighted by Gasteiger charge is -2.15. The van der Waals surface area contributed by atoms with Gasteiger partial charge in [-0.2, -0.15) is 0 Å². The van der Waals surface area contributed by atoms with Gasteiger partial charge in [0, 0.05) is 25.6 Å². The predicted molar refractivity (Wildman–Crippen MR) is 240 cm³/mol. The van der Waals surface area contributed by atoms with Gasteiger partial charge >= 0.3 is 11.9 Å². The molecule has 0 saturated carbocycles. The molecule has 0 fully saturated rings. The van der Waals surface area contributed by atoms with E-state index in [0.29, 0.717) is 49.6 Å². The molecule has 6 aromatic rings. The highest BCUT2D eigenvalue weighted by atomic mass is 16.5. The molecule has 1 unspecified atom stereocenters. The molecule has 0 spiro atoms. The van der Waals surface area contributed by atoms with E-state index in [1.54, 1.807) is 0 Å². The highest BCUT2D eigenvalue weighted by Crippen LogP contribution is 2.30. The van der Waals surface area contributed by atoms with Crippen molar-refractivity contribution < 1.29 is 19.1 Å². The van der Waals surface area contributed by atoms with Gasteiger partial charge in [-0.1, -0.05) is 106 Å². The molecule has 0 aliphatic carbocycles. The summed E-state index contributed by atoms with van der Waals surface area (Å²) in [5.41, 5.74) is 9.51. The Hall–Kier alpha value is -5.76. The molecule has 308 valence electrons. The van der Waals surface area contributed by atoms with E-state index in [-0.39, 0.29) is 11.9 Å². The smallest absolute Gasteiger partial charge is 0.338 e. The minimum atomic E-state index is -0.342. The van der Waals surface area contributed by atoms with E-state index >= 15 is 0 Å². The number of carbonyl (C=O) groups excluding carboxylic acids is 2. The summed E-state index contributed by atoms with van der Waals surface area (Å²) in [5.74, 6) is 1.71. The molecular formula is C51H60N4O4. The molecular weight excluding hydrogens is 733 g/mol. The van der Waals surface area contributed by atoms with Gasteiger partial charge in [-0.05, 0) is 111 Å². The number of rotatable bonds is 18. The van der Waals surface area contributed by atoms with E-state index in [9.17, 15) is 9.59 Å². The van der Waals surface area contributed by atoms with Gasteiger partial charge in [-0.3, -0.25) is 0 Å². The summed E-state index contributed by atoms with van der Waals surface area (Å²) in [5, 5.41) is 2.09. The first-order valence-electron chi connectivity index (χ1n) is 21.5. The normalized spacial score (nSPS) is 12.7. The van der Waals surface area contributed by atoms with Crippen molar-refractivity contribution in [3.8, 4) is 22.5 Å². The molecule has 6 rings (SSSR count). The number of aryl methyl sites for hydroxylation is 2. The van der Waals surface area contributed by atoms with E-state index in [1.165, 1.54) is 0 Å². The van der Waals surface area contributed by atoms with Gasteiger partial charge in [0.05, 0.1) is 46.1 Å². The van der Waals surface area contributed by atoms with Crippen molar-refractivity contribution in [3.05, 3.63) is 129 Å². The van der Waals surface area contributed by atoms with Crippen molar-refractivity contribution in [3.63, 3.8) is 0 Å². The first-order valence-corrected chi connectivity index (χ1v) is 21.5. The van der Waals surface area contributed by atoms with Gasteiger partial charge in [-0.15, -0.1) is 0 Å². The fourth-order valence-corrected chi connectivity index (χ4v) is 8.03. The van der Waals surface area contributed by atoms with Crippen molar-refractivity contribution in [2.45, 2.75) is 105 Å². The summed E-state index contributed by atoms with van der Waals surface area (Å²) in [6.45, 7) is 14.1. The van der Waals surface area contributed by atoms with Crippen molar-refractivity contribution in [2.75, 3.05) is 13.2 Å². The maximum Gasteiger partial charge on any atom is 0.338 e. The molecule has 1 atom stereocenters. The monoisotopic (exact) mass is 792 g/mol. The average Bonchev–Trinajstić information content (AvgIpc) is 3.78. The molecule has 0 bridgehead atoms. The molecule has 59 heavy (non-hydrogen) atoms. The quantitative estimate of drug-likeness (QED) is 0.0636. The van der Waals surface area contributed by atoms with E-state index in [1.807, 2.05) is 62.4 Å². The molecule has 4 aromatic carbocycles. The molecule has 0 aliphatic heterocycles. The van der Waals surface area contributed by atoms with E-state index in [0.717, 1.165) is 105 Å². The highest BCUT2D eigenvalue weighted by molar-refractivity contribution is 5.97. The number of hydrogen-bond acceptors (Lipinski definition) is 6. The maximum absolute atomic E-state index is 13.4. The summed E-state index contributed by atoms with van der Waals surface area (Å²) in [6, 6.07) is 28.3. The Morgan fingerprint density at radius 1 is 0.763 bits per heavy atom. The van der Waals surface area contributed by atoms with Crippen molar-refractivity contribution >= 4 is 35.1 Å². The number of nitrogens with zero attached hydrogens (tertiary/aromatic N) is 4. The van der Waals surface area contributed by atoms with Gasteiger partial charge < -0.3 is 18.6 Å². The fourth-order valence-electron chi connectivity index (χ4n) is 8.03. The number of aromatic nitrogens is 4. The lowest BCUT2D eigenvalue weighted by molar-refractivity contribution is 0.0477. The minimum Gasteiger partial charge on any atom is -0.462 e. The van der Waals surface area contributed by atoms with Gasteiger partial charge in [0.15, 0.2) is 0 Å². The van der Waals surface area contributed by atoms with Crippen LogP contribution in [0.3, 0.4) is 0 Å². The lowest BCUT2D eigenvalue weighted by Crippen LogP contribution is -2.28. The van der Waals surface area contributed by atoms with Crippen LogP contribution in [0.15, 0.2) is 84.9 Å². The zero-order valence-electron chi connectivity index (χ0n) is 36.0. The zero-order chi connectivity index (χ0) is 41.9. The Balaban J connectivity index is 1.08. The second kappa shape index (κ2) is 20.3. The summed E-state index contributed by atoms with van der Waals surface area (Å²) in [6.07, 6.45) is 11.5. The Morgan fingerprint density at radius 2 is 1.44 bits per heavy atom. The molecule has 8 nitrogen and oxygen atoms in total. The largest absolute Gasteiger partial charge is 0.462 e. The third-order valence-corrected chi connectivity index (χ3v) is 11.3. The highest BCUT2D eigenvalue weighted by Gasteiger charge is 2.19. The number of unbranched alkanes of at least 4 members (excludes halogenated alkanes) is 3. The van der Waals surface area contributed by atoms with Crippen molar-refractivity contribution in [1.82, 2.24) is 19.1 Å². The number of hydrogen-bond donors (Lipinski definition) is 0. The first-order chi connectivity index (χ1) is 28.7. The van der Waals surface area contributed by atoms with E-state index in [4.69, 9.17) is 19.4 Å². The molecule has 0 amide bonds. The van der Waals surface area contributed by atoms with Gasteiger partial charge in [-0.25, -0.2) is 19.6 Å². The second-order valence-corrected chi connectivity index (χ2v) is 15.6. The maximum atomic E-state index is 13.4. The van der Waals surface area contributed by atoms with Gasteiger partial charge in [0.1, 0.15) is 11.6 Å². The van der Waals surface area contributed by atoms with Crippen LogP contribution < -0.4 is 10.7 Å². The molecule has 0 N–H and O–H groups in total. The topological polar surface area (TPSA) is 88.2 Å². The Bertz CT molecular complexity index is 2510. The van der Waals surface area contributed by atoms with Crippen LogP contribution in [-0.4, -0.2) is 44.3 Å². The standard InChI is InChI=1S/C51H60N4O4/c1-8-12-21-35(5)40-22-14-16-24-42(40)50(56)58-30-18-13-19-31-59-51(57)43-25-17-15-23-41(43)38-28-26-37(27-29-38)34-55-46-33-39(32-36(6)48(46)53-47(55)20-9-2)49-52-44(10-3)45(11-4)54(49)7/h10-11,14-17,22-29,32-33,35H,8-9,12-13,18-21,30-31,34H2,1-7H3/b44-10+,45-11+. The summed E-state index contributed by atoms with van der Waals surface area (Å²) in [7, 11) is 2.07. The summed E-state index contributed by atoms with van der Waals surface area (Å²) in [4.78, 5) is 36.4. The van der Waals surface area contributed by atoms with Crippen LogP contribution in [0.1, 0.15) is 129 Å². The Kier molecular flexibility index (Phi) is 14.7. The average molecular weight is 793 g/mol. The van der Waals surface area contributed by atoms with Crippen LogP contribution in [0.4, 0.5) is 0 Å². The molecule has 8 heteroatoms. The van der Waals surface area contributed by atoms with Crippen LogP contribution >= 0.6 is 0 Å². The number of carbonyl (C=O) groups is 2. The van der Waals surface area contributed by atoms with E-state index < -0.39 is 0 Å². The van der Waals surface area contributed by atoms with E-state index in [2.05, 4.69) is 92.4 Å². The molecule has 2 heterocycles. The third-order valence-electron chi connectivity index (χ3n) is 11.3. The number of imidazole rings is 2. The predicted octanol–water partition coefficient (Wildman–Crippen LogP) is 10.5. The molecule has 0 radical (unpaired) electrons. The lowest BCUT2D eigenvalue weighted by atomic mass is 9.91. The van der Waals surface area contributed by atoms with Crippen LogP contribution in [0.25, 0.3) is 45.7 Å². The minimum absolute atomic E-state index is 0.268. The van der Waals surface area contributed by atoms with Gasteiger partial charge in [0.25, 0.3) is 0 Å². The Labute approximate surface area is 349 Å². The first kappa shape index (κ1) is 42.8. The van der Waals surface area contributed by atoms with Gasteiger partial charge in [0.2, 0.25) is 0 Å². The van der Waals surface area contributed by atoms with Crippen molar-refractivity contribution in [1.29, 1.82) is 0 Å². The van der Waals surface area contributed by atoms with Crippen LogP contribution in [0.2, 0.25) is 0 Å². The molecule has 0 aliphatic rings. The number of esters is 2. The van der Waals surface area contributed by atoms with Crippen LogP contribution in [0, 0.1) is 6.92 Å². The second-order valence-electron chi connectivity index (χ2n) is 15.6. The van der Waals surface area contributed by atoms with Crippen molar-refractivity contribution in [2.24, 2.45) is 7.05 Å². The Morgan fingerprint density at radius 3 is 2.10 bits per heavy atom. The number of fused-ring (bicyclic) bond motifs is 1. The molecule has 0 saturated heterocycles. The summed E-state index contributed by atoms with van der Waals surface area (Å²) >= 11 is 0. The van der Waals surface area contributed by atoms with Crippen LogP contribution in [-0.2, 0) is 29.5 Å². The SMILES string of the molecule is C/C=c1/nc(-c2cc(C)c3nc(CCC)n(Cc4ccc(-c5ccccc5C(=O)OCCCCCOC(=O)c5ccccc5C(C)CCCC)cc4)c3c2)n(C)/c1=C/C. The number of benzene rings is 4. The fraction of sp³-hybridized carbons (Fsp3) is 0.373. The molecule has 2 aromatic heterocycles. The zero-order valence-corrected chi connectivity index (χ0v) is 36.0. The van der Waals surface area contributed by atoms with Crippen LogP contribution in [0.5, 0.6) is 0 Å².